The van der Waals surface area contributed by atoms with Crippen molar-refractivity contribution in [3.8, 4) is 0 Å². The molecular weight excluding hydrogens is 228 g/mol. The summed E-state index contributed by atoms with van der Waals surface area (Å²) in [5, 5.41) is 0. The summed E-state index contributed by atoms with van der Waals surface area (Å²) in [6, 6.07) is 9.87. The number of benzene rings is 1. The predicted molar refractivity (Wildman–Crippen MR) is 74.7 cm³/mol. The standard InChI is InChI=1S/C14H20N2O2/c1-12(18-10-9-17-3)11-16-14(15-2)13-7-5-4-6-8-13/h4-8,11-12H,9-10H2,1-3H3. The molecule has 0 amide bonds. The van der Waals surface area contributed by atoms with Gasteiger partial charge in [-0.1, -0.05) is 30.3 Å². The van der Waals surface area contributed by atoms with Gasteiger partial charge in [0.1, 0.15) is 0 Å². The largest absolute Gasteiger partial charge is 0.382 e. The van der Waals surface area contributed by atoms with E-state index in [1.165, 1.54) is 0 Å². The number of hydrogen-bond acceptors (Lipinski definition) is 3. The van der Waals surface area contributed by atoms with Gasteiger partial charge in [0, 0.05) is 25.9 Å². The minimum atomic E-state index is -0.0550. The average molecular weight is 248 g/mol. The van der Waals surface area contributed by atoms with Crippen molar-refractivity contribution in [3.63, 3.8) is 0 Å². The molecule has 1 rings (SSSR count). The maximum absolute atomic E-state index is 5.48. The highest BCUT2D eigenvalue weighted by Gasteiger charge is 2.01. The Bertz CT molecular complexity index is 388. The predicted octanol–water partition coefficient (Wildman–Crippen LogP) is 2.19. The molecule has 0 fully saturated rings. The second kappa shape index (κ2) is 8.55. The summed E-state index contributed by atoms with van der Waals surface area (Å²) < 4.78 is 10.4. The first-order chi connectivity index (χ1) is 8.77. The fourth-order valence-electron chi connectivity index (χ4n) is 1.38. The van der Waals surface area contributed by atoms with Crippen LogP contribution in [0, 0.1) is 0 Å². The summed E-state index contributed by atoms with van der Waals surface area (Å²) in [7, 11) is 3.38. The van der Waals surface area contributed by atoms with Crippen molar-refractivity contribution in [2.75, 3.05) is 27.4 Å². The first-order valence-electron chi connectivity index (χ1n) is 5.95. The van der Waals surface area contributed by atoms with E-state index in [9.17, 15) is 0 Å². The Labute approximate surface area is 108 Å². The van der Waals surface area contributed by atoms with Crippen molar-refractivity contribution < 1.29 is 9.47 Å². The van der Waals surface area contributed by atoms with E-state index in [2.05, 4.69) is 9.98 Å². The SMILES string of the molecule is CN=C(N=CC(C)OCCOC)c1ccccc1. The van der Waals surface area contributed by atoms with Gasteiger partial charge in [-0.15, -0.1) is 0 Å². The molecule has 0 aliphatic rings. The van der Waals surface area contributed by atoms with Crippen molar-refractivity contribution in [2.24, 2.45) is 9.98 Å². The quantitative estimate of drug-likeness (QED) is 0.440. The highest BCUT2D eigenvalue weighted by molar-refractivity contribution is 6.03. The number of ether oxygens (including phenoxy) is 2. The Balaban J connectivity index is 2.54. The molecule has 0 bridgehead atoms. The highest BCUT2D eigenvalue weighted by atomic mass is 16.5. The molecule has 1 aromatic rings. The summed E-state index contributed by atoms with van der Waals surface area (Å²) >= 11 is 0. The van der Waals surface area contributed by atoms with E-state index in [0.717, 1.165) is 5.56 Å². The second-order valence-corrected chi connectivity index (χ2v) is 3.76. The molecule has 98 valence electrons. The molecule has 1 aromatic carbocycles. The summed E-state index contributed by atoms with van der Waals surface area (Å²) in [5.41, 5.74) is 1.00. The van der Waals surface area contributed by atoms with Crippen molar-refractivity contribution in [2.45, 2.75) is 13.0 Å². The summed E-state index contributed by atoms with van der Waals surface area (Å²) in [6.07, 6.45) is 1.70. The van der Waals surface area contributed by atoms with Crippen LogP contribution in [0.3, 0.4) is 0 Å². The van der Waals surface area contributed by atoms with Crippen molar-refractivity contribution in [1.82, 2.24) is 0 Å². The normalized spacial score (nSPS) is 14.1. The van der Waals surface area contributed by atoms with Gasteiger partial charge >= 0.3 is 0 Å². The molecule has 0 N–H and O–H groups in total. The topological polar surface area (TPSA) is 43.2 Å². The van der Waals surface area contributed by atoms with E-state index >= 15 is 0 Å². The van der Waals surface area contributed by atoms with Crippen molar-refractivity contribution >= 4 is 12.1 Å². The Morgan fingerprint density at radius 3 is 2.61 bits per heavy atom. The minimum absolute atomic E-state index is 0.0550. The molecule has 1 atom stereocenters. The molecule has 0 heterocycles. The van der Waals surface area contributed by atoms with Gasteiger partial charge in [-0.2, -0.15) is 0 Å². The van der Waals surface area contributed by atoms with Gasteiger partial charge in [0.2, 0.25) is 0 Å². The third-order valence-corrected chi connectivity index (χ3v) is 2.32. The number of nitrogens with zero attached hydrogens (tertiary/aromatic N) is 2. The van der Waals surface area contributed by atoms with Gasteiger partial charge in [-0.25, -0.2) is 4.99 Å². The Hall–Kier alpha value is -1.52. The van der Waals surface area contributed by atoms with Crippen LogP contribution in [-0.4, -0.2) is 45.5 Å². The molecule has 18 heavy (non-hydrogen) atoms. The first-order valence-corrected chi connectivity index (χ1v) is 5.95. The fourth-order valence-corrected chi connectivity index (χ4v) is 1.38. The second-order valence-electron chi connectivity index (χ2n) is 3.76. The molecule has 0 saturated heterocycles. The van der Waals surface area contributed by atoms with Crippen LogP contribution in [0.15, 0.2) is 40.3 Å². The van der Waals surface area contributed by atoms with Crippen LogP contribution < -0.4 is 0 Å². The van der Waals surface area contributed by atoms with Crippen molar-refractivity contribution in [1.29, 1.82) is 0 Å². The molecule has 0 spiro atoms. The van der Waals surface area contributed by atoms with Crippen LogP contribution in [0.4, 0.5) is 0 Å². The van der Waals surface area contributed by atoms with Crippen LogP contribution in [0.1, 0.15) is 12.5 Å². The summed E-state index contributed by atoms with van der Waals surface area (Å²) in [6.45, 7) is 3.09. The average Bonchev–Trinajstić information content (AvgIpc) is 2.41. The molecule has 0 saturated carbocycles. The molecule has 4 heteroatoms. The van der Waals surface area contributed by atoms with E-state index < -0.39 is 0 Å². The number of aliphatic imine (C=N–C) groups is 2. The molecule has 1 unspecified atom stereocenters. The highest BCUT2D eigenvalue weighted by Crippen LogP contribution is 2.02. The third-order valence-electron chi connectivity index (χ3n) is 2.32. The zero-order valence-electron chi connectivity index (χ0n) is 11.2. The molecule has 4 nitrogen and oxygen atoms in total. The van der Waals surface area contributed by atoms with Crippen LogP contribution in [0.25, 0.3) is 0 Å². The monoisotopic (exact) mass is 248 g/mol. The van der Waals surface area contributed by atoms with E-state index in [4.69, 9.17) is 9.47 Å². The van der Waals surface area contributed by atoms with Gasteiger partial charge in [0.25, 0.3) is 0 Å². The summed E-state index contributed by atoms with van der Waals surface area (Å²) in [5.74, 6) is 0.706. The van der Waals surface area contributed by atoms with Crippen LogP contribution in [0.5, 0.6) is 0 Å². The van der Waals surface area contributed by atoms with E-state index in [0.29, 0.717) is 19.0 Å². The van der Waals surface area contributed by atoms with Gasteiger partial charge in [-0.3, -0.25) is 4.99 Å². The number of methoxy groups -OCH3 is 1. The van der Waals surface area contributed by atoms with E-state index in [1.807, 2.05) is 37.3 Å². The van der Waals surface area contributed by atoms with E-state index in [1.54, 1.807) is 20.4 Å². The number of rotatable bonds is 6. The van der Waals surface area contributed by atoms with Crippen LogP contribution >= 0.6 is 0 Å². The lowest BCUT2D eigenvalue weighted by molar-refractivity contribution is 0.0571. The lowest BCUT2D eigenvalue weighted by Crippen LogP contribution is -2.14. The Morgan fingerprint density at radius 1 is 1.28 bits per heavy atom. The lowest BCUT2D eigenvalue weighted by Gasteiger charge is -2.07. The molecule has 0 aliphatic carbocycles. The zero-order valence-corrected chi connectivity index (χ0v) is 11.2. The molecule has 0 aliphatic heterocycles. The zero-order chi connectivity index (χ0) is 13.2. The molecular formula is C14H20N2O2. The lowest BCUT2D eigenvalue weighted by atomic mass is 10.2. The molecule has 0 radical (unpaired) electrons. The van der Waals surface area contributed by atoms with Gasteiger partial charge in [-0.05, 0) is 6.92 Å². The fraction of sp³-hybridized carbons (Fsp3) is 0.429. The Morgan fingerprint density at radius 2 is 2.00 bits per heavy atom. The first kappa shape index (κ1) is 14.5. The Kier molecular flexibility index (Phi) is 6.91. The van der Waals surface area contributed by atoms with E-state index in [-0.39, 0.29) is 6.10 Å². The minimum Gasteiger partial charge on any atom is -0.382 e. The van der Waals surface area contributed by atoms with Gasteiger partial charge in [0.05, 0.1) is 19.3 Å². The molecule has 0 aromatic heterocycles. The van der Waals surface area contributed by atoms with Gasteiger partial charge < -0.3 is 9.47 Å². The van der Waals surface area contributed by atoms with Crippen LogP contribution in [-0.2, 0) is 9.47 Å². The maximum atomic E-state index is 5.48. The smallest absolute Gasteiger partial charge is 0.154 e. The number of amidine groups is 1. The van der Waals surface area contributed by atoms with Gasteiger partial charge in [0.15, 0.2) is 5.84 Å². The maximum Gasteiger partial charge on any atom is 0.154 e. The van der Waals surface area contributed by atoms with Crippen molar-refractivity contribution in [3.05, 3.63) is 35.9 Å². The van der Waals surface area contributed by atoms with Crippen LogP contribution in [0.2, 0.25) is 0 Å². The number of hydrogen-bond donors (Lipinski definition) is 0. The summed E-state index contributed by atoms with van der Waals surface area (Å²) in [4.78, 5) is 8.52. The third kappa shape index (κ3) is 5.21.